The van der Waals surface area contributed by atoms with Gasteiger partial charge >= 0.3 is 0 Å². The van der Waals surface area contributed by atoms with Crippen molar-refractivity contribution in [2.45, 2.75) is 6.92 Å². The maximum atomic E-state index is 13.7. The van der Waals surface area contributed by atoms with Crippen molar-refractivity contribution in [2.75, 3.05) is 13.7 Å². The number of hydrogen-bond donors (Lipinski definition) is 2. The molecule has 0 aliphatic carbocycles. The molecular weight excluding hydrogens is 395 g/mol. The fourth-order valence-corrected chi connectivity index (χ4v) is 2.33. The number of aromatic hydroxyl groups is 1. The van der Waals surface area contributed by atoms with E-state index in [9.17, 15) is 14.3 Å². The molecule has 0 saturated carbocycles. The number of hydrogen-bond acceptors (Lipinski definition) is 9. The summed E-state index contributed by atoms with van der Waals surface area (Å²) >= 11 is 0. The van der Waals surface area contributed by atoms with E-state index in [4.69, 9.17) is 9.47 Å². The zero-order valence-electron chi connectivity index (χ0n) is 16.0. The summed E-state index contributed by atoms with van der Waals surface area (Å²) < 4.78 is 23.9. The lowest BCUT2D eigenvalue weighted by Crippen LogP contribution is -2.19. The molecule has 154 valence electrons. The lowest BCUT2D eigenvalue weighted by Gasteiger charge is -2.07. The van der Waals surface area contributed by atoms with Crippen molar-refractivity contribution in [1.29, 1.82) is 0 Å². The summed E-state index contributed by atoms with van der Waals surface area (Å²) in [5.74, 6) is -1.17. The van der Waals surface area contributed by atoms with Crippen LogP contribution in [0.4, 0.5) is 4.39 Å². The number of halogens is 1. The molecule has 3 aromatic rings. The van der Waals surface area contributed by atoms with Crippen molar-refractivity contribution in [3.8, 4) is 28.8 Å². The van der Waals surface area contributed by atoms with Crippen LogP contribution in [0.25, 0.3) is 11.3 Å². The van der Waals surface area contributed by atoms with Gasteiger partial charge < -0.3 is 14.6 Å². The van der Waals surface area contributed by atoms with E-state index in [0.29, 0.717) is 12.4 Å². The van der Waals surface area contributed by atoms with Gasteiger partial charge in [0.1, 0.15) is 11.4 Å². The van der Waals surface area contributed by atoms with E-state index in [2.05, 4.69) is 30.5 Å². The number of rotatable bonds is 7. The quantitative estimate of drug-likeness (QED) is 0.342. The van der Waals surface area contributed by atoms with Gasteiger partial charge in [-0.05, 0) is 19.1 Å². The molecule has 0 radical (unpaired) electrons. The number of carbonyl (C=O) groups excluding carboxylic acids is 1. The first kappa shape index (κ1) is 20.6. The second-order valence-corrected chi connectivity index (χ2v) is 5.70. The van der Waals surface area contributed by atoms with E-state index in [1.165, 1.54) is 31.8 Å². The third-order valence-electron chi connectivity index (χ3n) is 3.73. The Hall–Kier alpha value is -4.15. The maximum absolute atomic E-state index is 13.7. The molecule has 0 saturated heterocycles. The topological polar surface area (TPSA) is 132 Å². The fraction of sp³-hybridized carbons (Fsp3) is 0.158. The summed E-state index contributed by atoms with van der Waals surface area (Å²) in [7, 11) is 1.42. The number of amides is 1. The standard InChI is InChI=1S/C19H17FN6O4/c1-3-30-16-5-4-13(18(27)25-16)14-9-21-10-15(24-14)19(28)26-23-7-11-6-12(29-2)8-22-17(11)20/h4-10H,3H2,1-2H3,(H,25,27)(H,26,28)/b23-7+. The third kappa shape index (κ3) is 4.82. The number of pyridine rings is 2. The summed E-state index contributed by atoms with van der Waals surface area (Å²) in [5.41, 5.74) is 2.68. The molecule has 0 bridgehead atoms. The molecular formula is C19H17FN6O4. The largest absolute Gasteiger partial charge is 0.495 e. The number of hydrazone groups is 1. The average molecular weight is 412 g/mol. The predicted molar refractivity (Wildman–Crippen MR) is 104 cm³/mol. The zero-order chi connectivity index (χ0) is 21.5. The van der Waals surface area contributed by atoms with Crippen LogP contribution in [0.1, 0.15) is 23.0 Å². The molecule has 0 unspecified atom stereocenters. The smallest absolute Gasteiger partial charge is 0.291 e. The minimum absolute atomic E-state index is 0.0277. The van der Waals surface area contributed by atoms with Crippen LogP contribution in [0.15, 0.2) is 41.9 Å². The minimum Gasteiger partial charge on any atom is -0.495 e. The molecule has 2 N–H and O–H groups in total. The monoisotopic (exact) mass is 412 g/mol. The van der Waals surface area contributed by atoms with E-state index < -0.39 is 11.9 Å². The van der Waals surface area contributed by atoms with Crippen LogP contribution in [0, 0.1) is 5.95 Å². The highest BCUT2D eigenvalue weighted by atomic mass is 19.1. The summed E-state index contributed by atoms with van der Waals surface area (Å²) in [6.07, 6.45) is 4.90. The molecule has 11 heteroatoms. The van der Waals surface area contributed by atoms with Crippen LogP contribution in [0.2, 0.25) is 0 Å². The lowest BCUT2D eigenvalue weighted by atomic mass is 10.2. The molecule has 0 atom stereocenters. The van der Waals surface area contributed by atoms with Gasteiger partial charge in [0, 0.05) is 6.07 Å². The Morgan fingerprint density at radius 1 is 1.30 bits per heavy atom. The first-order chi connectivity index (χ1) is 14.5. The highest BCUT2D eigenvalue weighted by molar-refractivity contribution is 5.93. The van der Waals surface area contributed by atoms with Crippen molar-refractivity contribution in [3.05, 3.63) is 54.0 Å². The van der Waals surface area contributed by atoms with Crippen LogP contribution >= 0.6 is 0 Å². The molecule has 30 heavy (non-hydrogen) atoms. The highest BCUT2D eigenvalue weighted by Crippen LogP contribution is 2.27. The molecule has 10 nitrogen and oxygen atoms in total. The van der Waals surface area contributed by atoms with Crippen LogP contribution < -0.4 is 14.9 Å². The Kier molecular flexibility index (Phi) is 6.42. The number of aromatic nitrogens is 4. The molecule has 0 fully saturated rings. The molecule has 0 aliphatic rings. The van der Waals surface area contributed by atoms with Gasteiger partial charge in [0.25, 0.3) is 5.91 Å². The van der Waals surface area contributed by atoms with Crippen molar-refractivity contribution >= 4 is 12.1 Å². The van der Waals surface area contributed by atoms with Gasteiger partial charge in [0.2, 0.25) is 17.7 Å². The van der Waals surface area contributed by atoms with Crippen LogP contribution in [0.3, 0.4) is 0 Å². The maximum Gasteiger partial charge on any atom is 0.291 e. The SMILES string of the molecule is CCOc1ccc(-c2cncc(C(=O)N/N=C/c3cc(OC)cnc3F)n2)c(O)n1. The fourth-order valence-electron chi connectivity index (χ4n) is 2.33. The van der Waals surface area contributed by atoms with Gasteiger partial charge in [-0.1, -0.05) is 0 Å². The Morgan fingerprint density at radius 3 is 2.87 bits per heavy atom. The number of ether oxygens (including phenoxy) is 2. The van der Waals surface area contributed by atoms with E-state index in [1.807, 2.05) is 0 Å². The second kappa shape index (κ2) is 9.37. The van der Waals surface area contributed by atoms with Crippen molar-refractivity contribution in [1.82, 2.24) is 25.4 Å². The third-order valence-corrected chi connectivity index (χ3v) is 3.73. The van der Waals surface area contributed by atoms with Crippen LogP contribution in [-0.4, -0.2) is 50.9 Å². The van der Waals surface area contributed by atoms with E-state index in [1.54, 1.807) is 19.1 Å². The molecule has 3 aromatic heterocycles. The summed E-state index contributed by atoms with van der Waals surface area (Å²) in [6.45, 7) is 2.19. The van der Waals surface area contributed by atoms with Gasteiger partial charge in [-0.25, -0.2) is 15.4 Å². The number of methoxy groups -OCH3 is 1. The Bertz CT molecular complexity index is 1090. The Morgan fingerprint density at radius 2 is 2.13 bits per heavy atom. The van der Waals surface area contributed by atoms with Crippen molar-refractivity contribution in [2.24, 2.45) is 5.10 Å². The van der Waals surface area contributed by atoms with Gasteiger partial charge in [0.05, 0.1) is 55.3 Å². The molecule has 1 amide bonds. The minimum atomic E-state index is -0.769. The molecule has 0 aliphatic heterocycles. The number of nitrogens with one attached hydrogen (secondary N) is 1. The van der Waals surface area contributed by atoms with Crippen molar-refractivity contribution < 1.29 is 23.8 Å². The predicted octanol–water partition coefficient (Wildman–Crippen LogP) is 1.95. The Balaban J connectivity index is 1.75. The van der Waals surface area contributed by atoms with Gasteiger partial charge in [-0.3, -0.25) is 9.78 Å². The van der Waals surface area contributed by atoms with Gasteiger partial charge in [0.15, 0.2) is 0 Å². The van der Waals surface area contributed by atoms with Crippen molar-refractivity contribution in [3.63, 3.8) is 0 Å². The highest BCUT2D eigenvalue weighted by Gasteiger charge is 2.13. The second-order valence-electron chi connectivity index (χ2n) is 5.70. The number of carbonyl (C=O) groups is 1. The summed E-state index contributed by atoms with van der Waals surface area (Å²) in [5, 5.41) is 13.8. The summed E-state index contributed by atoms with van der Waals surface area (Å²) in [6, 6.07) is 4.49. The van der Waals surface area contributed by atoms with Crippen LogP contribution in [0.5, 0.6) is 17.5 Å². The normalized spacial score (nSPS) is 10.8. The zero-order valence-corrected chi connectivity index (χ0v) is 16.0. The molecule has 0 spiro atoms. The van der Waals surface area contributed by atoms with E-state index in [0.717, 1.165) is 6.21 Å². The number of nitrogens with zero attached hydrogens (tertiary/aromatic N) is 5. The van der Waals surface area contributed by atoms with E-state index in [-0.39, 0.29) is 34.3 Å². The molecule has 0 aromatic carbocycles. The Labute approximate surface area is 170 Å². The van der Waals surface area contributed by atoms with Gasteiger partial charge in [-0.15, -0.1) is 0 Å². The van der Waals surface area contributed by atoms with Gasteiger partial charge in [-0.2, -0.15) is 14.5 Å². The summed E-state index contributed by atoms with van der Waals surface area (Å²) in [4.78, 5) is 27.8. The average Bonchev–Trinajstić information content (AvgIpc) is 2.75. The first-order valence-electron chi connectivity index (χ1n) is 8.70. The molecule has 3 rings (SSSR count). The van der Waals surface area contributed by atoms with E-state index >= 15 is 0 Å². The lowest BCUT2D eigenvalue weighted by molar-refractivity contribution is 0.0950. The first-order valence-corrected chi connectivity index (χ1v) is 8.70. The van der Waals surface area contributed by atoms with Crippen LogP contribution in [-0.2, 0) is 0 Å². The molecule has 3 heterocycles.